The van der Waals surface area contributed by atoms with Gasteiger partial charge >= 0.3 is 0 Å². The van der Waals surface area contributed by atoms with Crippen LogP contribution in [-0.4, -0.2) is 5.91 Å². The zero-order valence-electron chi connectivity index (χ0n) is 13.8. The number of carbonyl (C=O) groups excluding carboxylic acids is 1. The molecule has 1 atom stereocenters. The van der Waals surface area contributed by atoms with Crippen molar-refractivity contribution < 1.29 is 4.79 Å². The van der Waals surface area contributed by atoms with Crippen LogP contribution >= 0.6 is 11.3 Å². The molecule has 1 aliphatic carbocycles. The minimum atomic E-state index is 0.0779. The zero-order valence-corrected chi connectivity index (χ0v) is 14.6. The van der Waals surface area contributed by atoms with Gasteiger partial charge in [0.2, 0.25) is 0 Å². The number of rotatable bonds is 5. The van der Waals surface area contributed by atoms with E-state index in [0.29, 0.717) is 5.92 Å². The molecule has 122 valence electrons. The summed E-state index contributed by atoms with van der Waals surface area (Å²) in [6, 6.07) is 14.6. The Morgan fingerprint density at radius 2 is 1.87 bits per heavy atom. The molecule has 3 rings (SSSR count). The van der Waals surface area contributed by atoms with Gasteiger partial charge in [-0.25, -0.2) is 0 Å². The molecule has 1 aromatic carbocycles. The Labute approximate surface area is 142 Å². The number of hydrogen-bond donors (Lipinski definition) is 1. The van der Waals surface area contributed by atoms with Gasteiger partial charge in [-0.05, 0) is 42.9 Å². The third kappa shape index (κ3) is 4.03. The second kappa shape index (κ2) is 7.78. The number of aryl methyl sites for hydroxylation is 1. The maximum Gasteiger partial charge on any atom is 0.261 e. The molecule has 0 aliphatic heterocycles. The number of benzene rings is 1. The van der Waals surface area contributed by atoms with Crippen molar-refractivity contribution in [2.24, 2.45) is 5.92 Å². The standard InChI is InChI=1S/C20H25NOS/c1-2-17-13-14-18(23-17)20(22)21-19(15-9-5-3-6-10-15)16-11-7-4-8-12-16/h3,5-6,9-10,13-14,16,19H,2,4,7-8,11-12H2,1H3,(H,21,22). The molecule has 1 unspecified atom stereocenters. The van der Waals surface area contributed by atoms with Crippen LogP contribution in [0.25, 0.3) is 0 Å². The van der Waals surface area contributed by atoms with Gasteiger partial charge in [0, 0.05) is 4.88 Å². The third-order valence-corrected chi connectivity index (χ3v) is 6.03. The molecule has 0 bridgehead atoms. The van der Waals surface area contributed by atoms with Gasteiger partial charge in [0.1, 0.15) is 0 Å². The molecule has 2 aromatic rings. The van der Waals surface area contributed by atoms with Crippen LogP contribution in [0.5, 0.6) is 0 Å². The first-order valence-electron chi connectivity index (χ1n) is 8.72. The van der Waals surface area contributed by atoms with Crippen molar-refractivity contribution in [3.05, 3.63) is 57.8 Å². The lowest BCUT2D eigenvalue weighted by Gasteiger charge is -2.31. The van der Waals surface area contributed by atoms with E-state index in [4.69, 9.17) is 0 Å². The molecule has 0 spiro atoms. The van der Waals surface area contributed by atoms with E-state index in [2.05, 4.69) is 42.6 Å². The zero-order chi connectivity index (χ0) is 16.1. The molecule has 3 heteroatoms. The van der Waals surface area contributed by atoms with Crippen LogP contribution in [0.3, 0.4) is 0 Å². The van der Waals surface area contributed by atoms with Crippen LogP contribution in [0.15, 0.2) is 42.5 Å². The highest BCUT2D eigenvalue weighted by Gasteiger charge is 2.27. The molecule has 1 heterocycles. The molecule has 1 aliphatic rings. The lowest BCUT2D eigenvalue weighted by atomic mass is 9.81. The van der Waals surface area contributed by atoms with Gasteiger partial charge in [-0.15, -0.1) is 11.3 Å². The molecule has 1 amide bonds. The van der Waals surface area contributed by atoms with Crippen LogP contribution in [0.4, 0.5) is 0 Å². The SMILES string of the molecule is CCc1ccc(C(=O)NC(c2ccccc2)C2CCCCC2)s1. The Morgan fingerprint density at radius 3 is 2.52 bits per heavy atom. The van der Waals surface area contributed by atoms with Crippen LogP contribution in [0.1, 0.15) is 65.2 Å². The van der Waals surface area contributed by atoms with Crippen molar-refractivity contribution in [3.8, 4) is 0 Å². The molecule has 1 aromatic heterocycles. The lowest BCUT2D eigenvalue weighted by molar-refractivity contribution is 0.0916. The van der Waals surface area contributed by atoms with E-state index in [9.17, 15) is 4.79 Å². The van der Waals surface area contributed by atoms with Crippen molar-refractivity contribution in [2.45, 2.75) is 51.5 Å². The van der Waals surface area contributed by atoms with Gasteiger partial charge < -0.3 is 5.32 Å². The first-order valence-corrected chi connectivity index (χ1v) is 9.54. The molecular formula is C20H25NOS. The Hall–Kier alpha value is -1.61. The molecule has 23 heavy (non-hydrogen) atoms. The van der Waals surface area contributed by atoms with E-state index in [1.54, 1.807) is 11.3 Å². The highest BCUT2D eigenvalue weighted by Crippen LogP contribution is 2.34. The Balaban J connectivity index is 1.79. The number of carbonyl (C=O) groups is 1. The van der Waals surface area contributed by atoms with Gasteiger partial charge in [0.15, 0.2) is 0 Å². The molecule has 2 nitrogen and oxygen atoms in total. The topological polar surface area (TPSA) is 29.1 Å². The van der Waals surface area contributed by atoms with E-state index < -0.39 is 0 Å². The maximum atomic E-state index is 12.7. The fraction of sp³-hybridized carbons (Fsp3) is 0.450. The Kier molecular flexibility index (Phi) is 5.50. The minimum Gasteiger partial charge on any atom is -0.344 e. The van der Waals surface area contributed by atoms with E-state index >= 15 is 0 Å². The predicted molar refractivity (Wildman–Crippen MR) is 96.9 cm³/mol. The number of amides is 1. The third-order valence-electron chi connectivity index (χ3n) is 4.80. The molecule has 1 N–H and O–H groups in total. The van der Waals surface area contributed by atoms with Crippen LogP contribution in [0.2, 0.25) is 0 Å². The fourth-order valence-electron chi connectivity index (χ4n) is 3.50. The second-order valence-electron chi connectivity index (χ2n) is 6.38. The fourth-order valence-corrected chi connectivity index (χ4v) is 4.35. The summed E-state index contributed by atoms with van der Waals surface area (Å²) in [7, 11) is 0. The number of hydrogen-bond acceptors (Lipinski definition) is 2. The summed E-state index contributed by atoms with van der Waals surface area (Å²) in [5.41, 5.74) is 1.24. The molecule has 0 radical (unpaired) electrons. The summed E-state index contributed by atoms with van der Waals surface area (Å²) >= 11 is 1.61. The van der Waals surface area contributed by atoms with Crippen molar-refractivity contribution in [2.75, 3.05) is 0 Å². The van der Waals surface area contributed by atoms with E-state index in [0.717, 1.165) is 11.3 Å². The monoisotopic (exact) mass is 327 g/mol. The largest absolute Gasteiger partial charge is 0.344 e. The summed E-state index contributed by atoms with van der Waals surface area (Å²) < 4.78 is 0. The Morgan fingerprint density at radius 1 is 1.13 bits per heavy atom. The lowest BCUT2D eigenvalue weighted by Crippen LogP contribution is -2.34. The summed E-state index contributed by atoms with van der Waals surface area (Å²) in [5, 5.41) is 3.33. The van der Waals surface area contributed by atoms with Crippen molar-refractivity contribution >= 4 is 17.2 Å². The normalized spacial score (nSPS) is 16.9. The van der Waals surface area contributed by atoms with Crippen LogP contribution < -0.4 is 5.32 Å². The minimum absolute atomic E-state index is 0.0779. The molecular weight excluding hydrogens is 302 g/mol. The van der Waals surface area contributed by atoms with E-state index in [1.807, 2.05) is 12.1 Å². The van der Waals surface area contributed by atoms with Gasteiger partial charge in [-0.1, -0.05) is 56.5 Å². The molecule has 0 saturated heterocycles. The van der Waals surface area contributed by atoms with Crippen LogP contribution in [0, 0.1) is 5.92 Å². The highest BCUT2D eigenvalue weighted by molar-refractivity contribution is 7.14. The van der Waals surface area contributed by atoms with Crippen LogP contribution in [-0.2, 0) is 6.42 Å². The first-order chi connectivity index (χ1) is 11.3. The van der Waals surface area contributed by atoms with E-state index in [-0.39, 0.29) is 11.9 Å². The number of thiophene rings is 1. The van der Waals surface area contributed by atoms with E-state index in [1.165, 1.54) is 42.5 Å². The van der Waals surface area contributed by atoms with Gasteiger partial charge in [-0.3, -0.25) is 4.79 Å². The summed E-state index contributed by atoms with van der Waals surface area (Å²) in [6.45, 7) is 2.13. The second-order valence-corrected chi connectivity index (χ2v) is 7.55. The summed E-state index contributed by atoms with van der Waals surface area (Å²) in [5.74, 6) is 0.634. The maximum absolute atomic E-state index is 12.7. The van der Waals surface area contributed by atoms with Crippen molar-refractivity contribution in [1.29, 1.82) is 0 Å². The van der Waals surface area contributed by atoms with Gasteiger partial charge in [0.05, 0.1) is 10.9 Å². The predicted octanol–water partition coefficient (Wildman–Crippen LogP) is 5.36. The van der Waals surface area contributed by atoms with Crippen molar-refractivity contribution in [1.82, 2.24) is 5.32 Å². The average molecular weight is 327 g/mol. The molecule has 1 saturated carbocycles. The summed E-state index contributed by atoms with van der Waals surface area (Å²) in [4.78, 5) is 14.8. The van der Waals surface area contributed by atoms with Crippen molar-refractivity contribution in [3.63, 3.8) is 0 Å². The highest BCUT2D eigenvalue weighted by atomic mass is 32.1. The van der Waals surface area contributed by atoms with Gasteiger partial charge in [-0.2, -0.15) is 0 Å². The smallest absolute Gasteiger partial charge is 0.261 e. The number of nitrogens with one attached hydrogen (secondary N) is 1. The first kappa shape index (κ1) is 16.3. The summed E-state index contributed by atoms with van der Waals surface area (Å²) in [6.07, 6.45) is 7.31. The quantitative estimate of drug-likeness (QED) is 0.786. The Bertz CT molecular complexity index is 628. The van der Waals surface area contributed by atoms with Gasteiger partial charge in [0.25, 0.3) is 5.91 Å². The molecule has 1 fully saturated rings. The average Bonchev–Trinajstić information content (AvgIpc) is 3.10.